The number of nitrogen functional groups attached to an aromatic ring is 1. The molecule has 5 nitrogen and oxygen atoms in total. The standard InChI is InChI=1S/C11H17N3O2/c1-4-5-14-8(3)6-7(2)9(11(14)16)10(15)13-12/h6H,4-5,12H2,1-3H3,(H,13,15). The molecule has 1 heterocycles. The molecule has 88 valence electrons. The summed E-state index contributed by atoms with van der Waals surface area (Å²) in [5, 5.41) is 0. The van der Waals surface area contributed by atoms with Crippen LogP contribution in [0.5, 0.6) is 0 Å². The quantitative estimate of drug-likeness (QED) is 0.444. The maximum Gasteiger partial charge on any atom is 0.271 e. The summed E-state index contributed by atoms with van der Waals surface area (Å²) in [6, 6.07) is 1.82. The van der Waals surface area contributed by atoms with Crippen LogP contribution in [-0.4, -0.2) is 10.5 Å². The summed E-state index contributed by atoms with van der Waals surface area (Å²) in [6.07, 6.45) is 0.841. The Kier molecular flexibility index (Phi) is 3.84. The minimum Gasteiger partial charge on any atom is -0.312 e. The van der Waals surface area contributed by atoms with Gasteiger partial charge < -0.3 is 4.57 Å². The van der Waals surface area contributed by atoms with Crippen LogP contribution in [0.15, 0.2) is 10.9 Å². The van der Waals surface area contributed by atoms with Gasteiger partial charge in [0.25, 0.3) is 11.5 Å². The highest BCUT2D eigenvalue weighted by Crippen LogP contribution is 2.06. The van der Waals surface area contributed by atoms with Crippen molar-refractivity contribution in [3.8, 4) is 0 Å². The second-order valence-corrected chi connectivity index (χ2v) is 3.77. The predicted molar refractivity (Wildman–Crippen MR) is 62.1 cm³/mol. The largest absolute Gasteiger partial charge is 0.312 e. The van der Waals surface area contributed by atoms with Crippen molar-refractivity contribution >= 4 is 5.91 Å². The molecule has 0 atom stereocenters. The predicted octanol–water partition coefficient (Wildman–Crippen LogP) is 0.479. The first-order valence-electron chi connectivity index (χ1n) is 5.24. The molecule has 1 rings (SSSR count). The lowest BCUT2D eigenvalue weighted by atomic mass is 10.1. The molecule has 0 radical (unpaired) electrons. The van der Waals surface area contributed by atoms with E-state index in [0.29, 0.717) is 12.1 Å². The normalized spacial score (nSPS) is 10.2. The summed E-state index contributed by atoms with van der Waals surface area (Å²) in [4.78, 5) is 23.5. The first kappa shape index (κ1) is 12.4. The molecule has 0 aromatic carbocycles. The molecule has 1 amide bonds. The number of hydrazine groups is 1. The van der Waals surface area contributed by atoms with E-state index in [-0.39, 0.29) is 11.1 Å². The van der Waals surface area contributed by atoms with E-state index in [1.165, 1.54) is 0 Å². The van der Waals surface area contributed by atoms with Gasteiger partial charge in [-0.2, -0.15) is 0 Å². The van der Waals surface area contributed by atoms with Gasteiger partial charge >= 0.3 is 0 Å². The molecule has 0 aliphatic rings. The lowest BCUT2D eigenvalue weighted by Gasteiger charge is -2.12. The number of rotatable bonds is 3. The van der Waals surface area contributed by atoms with Gasteiger partial charge in [-0.05, 0) is 31.9 Å². The second-order valence-electron chi connectivity index (χ2n) is 3.77. The molecule has 1 aromatic rings. The van der Waals surface area contributed by atoms with Crippen molar-refractivity contribution in [1.29, 1.82) is 0 Å². The van der Waals surface area contributed by atoms with Crippen LogP contribution in [0.1, 0.15) is 35.0 Å². The van der Waals surface area contributed by atoms with Crippen LogP contribution in [0.2, 0.25) is 0 Å². The van der Waals surface area contributed by atoms with Gasteiger partial charge in [-0.15, -0.1) is 0 Å². The first-order chi connectivity index (χ1) is 7.52. The van der Waals surface area contributed by atoms with Crippen LogP contribution in [-0.2, 0) is 6.54 Å². The molecule has 0 aliphatic heterocycles. The molecule has 1 aromatic heterocycles. The average molecular weight is 223 g/mol. The van der Waals surface area contributed by atoms with Crippen molar-refractivity contribution in [2.75, 3.05) is 0 Å². The van der Waals surface area contributed by atoms with Crippen LogP contribution in [0.4, 0.5) is 0 Å². The van der Waals surface area contributed by atoms with Crippen LogP contribution in [0.25, 0.3) is 0 Å². The van der Waals surface area contributed by atoms with Crippen molar-refractivity contribution in [1.82, 2.24) is 9.99 Å². The molecule has 0 unspecified atom stereocenters. The fourth-order valence-electron chi connectivity index (χ4n) is 1.78. The number of nitrogens with one attached hydrogen (secondary N) is 1. The number of amides is 1. The Morgan fingerprint density at radius 2 is 2.12 bits per heavy atom. The lowest BCUT2D eigenvalue weighted by molar-refractivity contribution is 0.0951. The Labute approximate surface area is 94.2 Å². The Hall–Kier alpha value is -1.62. The van der Waals surface area contributed by atoms with Crippen molar-refractivity contribution in [3.63, 3.8) is 0 Å². The van der Waals surface area contributed by atoms with Crippen molar-refractivity contribution in [2.45, 2.75) is 33.7 Å². The van der Waals surface area contributed by atoms with E-state index in [1.54, 1.807) is 11.5 Å². The van der Waals surface area contributed by atoms with E-state index in [0.717, 1.165) is 12.1 Å². The molecular weight excluding hydrogens is 206 g/mol. The van der Waals surface area contributed by atoms with Crippen molar-refractivity contribution in [3.05, 3.63) is 33.2 Å². The number of nitrogens with two attached hydrogens (primary N) is 1. The van der Waals surface area contributed by atoms with Crippen LogP contribution < -0.4 is 16.8 Å². The third-order valence-electron chi connectivity index (χ3n) is 2.51. The van der Waals surface area contributed by atoms with E-state index < -0.39 is 5.91 Å². The van der Waals surface area contributed by atoms with E-state index in [9.17, 15) is 9.59 Å². The van der Waals surface area contributed by atoms with E-state index in [1.807, 2.05) is 25.3 Å². The van der Waals surface area contributed by atoms with Gasteiger partial charge in [-0.1, -0.05) is 6.92 Å². The zero-order valence-corrected chi connectivity index (χ0v) is 9.83. The van der Waals surface area contributed by atoms with Gasteiger partial charge in [0.2, 0.25) is 0 Å². The van der Waals surface area contributed by atoms with Crippen LogP contribution in [0.3, 0.4) is 0 Å². The number of pyridine rings is 1. The minimum atomic E-state index is -0.535. The highest BCUT2D eigenvalue weighted by atomic mass is 16.2. The monoisotopic (exact) mass is 223 g/mol. The van der Waals surface area contributed by atoms with Gasteiger partial charge in [0, 0.05) is 12.2 Å². The number of hydrogen-bond acceptors (Lipinski definition) is 3. The van der Waals surface area contributed by atoms with Gasteiger partial charge in [-0.25, -0.2) is 5.84 Å². The van der Waals surface area contributed by atoms with Gasteiger partial charge in [-0.3, -0.25) is 15.0 Å². The highest BCUT2D eigenvalue weighted by molar-refractivity contribution is 5.94. The molecule has 0 saturated heterocycles. The molecule has 0 bridgehead atoms. The maximum absolute atomic E-state index is 12.0. The number of aromatic nitrogens is 1. The minimum absolute atomic E-state index is 0.126. The zero-order valence-electron chi connectivity index (χ0n) is 9.83. The summed E-state index contributed by atoms with van der Waals surface area (Å²) in [7, 11) is 0. The topological polar surface area (TPSA) is 77.1 Å². The molecule has 16 heavy (non-hydrogen) atoms. The van der Waals surface area contributed by atoms with Gasteiger partial charge in [0.05, 0.1) is 0 Å². The third-order valence-corrected chi connectivity index (χ3v) is 2.51. The molecule has 3 N–H and O–H groups in total. The molecule has 0 spiro atoms. The summed E-state index contributed by atoms with van der Waals surface area (Å²) >= 11 is 0. The van der Waals surface area contributed by atoms with Gasteiger partial charge in [0.15, 0.2) is 0 Å². The van der Waals surface area contributed by atoms with Crippen molar-refractivity contribution < 1.29 is 4.79 Å². The Balaban J connectivity index is 3.45. The molecule has 0 fully saturated rings. The van der Waals surface area contributed by atoms with E-state index in [2.05, 4.69) is 0 Å². The third kappa shape index (κ3) is 2.14. The average Bonchev–Trinajstić information content (AvgIpc) is 2.23. The Bertz CT molecular complexity index is 463. The smallest absolute Gasteiger partial charge is 0.271 e. The number of carbonyl (C=O) groups excluding carboxylic acids is 1. The zero-order chi connectivity index (χ0) is 12.3. The molecule has 0 saturated carbocycles. The summed E-state index contributed by atoms with van der Waals surface area (Å²) in [6.45, 7) is 6.17. The Morgan fingerprint density at radius 3 is 2.62 bits per heavy atom. The molecular formula is C11H17N3O2. The second kappa shape index (κ2) is 4.94. The van der Waals surface area contributed by atoms with E-state index >= 15 is 0 Å². The Morgan fingerprint density at radius 1 is 1.50 bits per heavy atom. The fraction of sp³-hybridized carbons (Fsp3) is 0.455. The highest BCUT2D eigenvalue weighted by Gasteiger charge is 2.15. The molecule has 0 aliphatic carbocycles. The number of hydrogen-bond donors (Lipinski definition) is 2. The number of carbonyl (C=O) groups is 1. The van der Waals surface area contributed by atoms with Crippen LogP contribution >= 0.6 is 0 Å². The summed E-state index contributed by atoms with van der Waals surface area (Å²) in [5.41, 5.74) is 3.36. The number of nitrogens with zero attached hydrogens (tertiary/aromatic N) is 1. The van der Waals surface area contributed by atoms with Crippen molar-refractivity contribution in [2.24, 2.45) is 5.84 Å². The maximum atomic E-state index is 12.0. The SMILES string of the molecule is CCCn1c(C)cc(C)c(C(=O)NN)c1=O. The summed E-state index contributed by atoms with van der Waals surface area (Å²) in [5.74, 6) is 4.52. The molecule has 5 heteroatoms. The fourth-order valence-corrected chi connectivity index (χ4v) is 1.78. The van der Waals surface area contributed by atoms with Crippen LogP contribution in [0, 0.1) is 13.8 Å². The van der Waals surface area contributed by atoms with E-state index in [4.69, 9.17) is 5.84 Å². The lowest BCUT2D eigenvalue weighted by Crippen LogP contribution is -2.38. The first-order valence-corrected chi connectivity index (χ1v) is 5.24. The number of aryl methyl sites for hydroxylation is 2. The van der Waals surface area contributed by atoms with Gasteiger partial charge in [0.1, 0.15) is 5.56 Å². The summed E-state index contributed by atoms with van der Waals surface area (Å²) < 4.78 is 1.59.